The van der Waals surface area contributed by atoms with Crippen LogP contribution in [0.15, 0.2) is 51.7 Å². The molecule has 2 heterocycles. The Hall–Kier alpha value is -3.24. The largest absolute Gasteiger partial charge is 0.496 e. The number of methoxy groups -OCH3 is 2. The third kappa shape index (κ3) is 4.75. The normalized spacial score (nSPS) is 23.4. The number of aliphatic hydroxyl groups excluding tert-OH is 2. The molecule has 0 unspecified atom stereocenters. The fourth-order valence-corrected chi connectivity index (χ4v) is 4.57. The van der Waals surface area contributed by atoms with Crippen molar-refractivity contribution in [1.29, 1.82) is 0 Å². The number of carbonyl (C=O) groups excluding carboxylic acids is 1. The summed E-state index contributed by atoms with van der Waals surface area (Å²) in [4.78, 5) is 25.6. The first kappa shape index (κ1) is 25.8. The number of ketones is 1. The van der Waals surface area contributed by atoms with Gasteiger partial charge in [-0.1, -0.05) is 12.1 Å². The van der Waals surface area contributed by atoms with Crippen LogP contribution in [0.5, 0.6) is 11.5 Å². The van der Waals surface area contributed by atoms with E-state index in [1.165, 1.54) is 14.2 Å². The van der Waals surface area contributed by atoms with E-state index in [0.29, 0.717) is 28.0 Å². The molecule has 1 aliphatic rings. The zero-order valence-electron chi connectivity index (χ0n) is 20.8. The van der Waals surface area contributed by atoms with E-state index in [1.807, 2.05) is 0 Å². The number of fused-ring (bicyclic) bond motifs is 1. The van der Waals surface area contributed by atoms with E-state index >= 15 is 0 Å². The summed E-state index contributed by atoms with van der Waals surface area (Å²) < 4.78 is 27.9. The average molecular weight is 499 g/mol. The molecule has 0 bridgehead atoms. The molecule has 2 aromatic carbocycles. The van der Waals surface area contributed by atoms with Gasteiger partial charge in [0.15, 0.2) is 5.78 Å². The highest BCUT2D eigenvalue weighted by Crippen LogP contribution is 2.35. The summed E-state index contributed by atoms with van der Waals surface area (Å²) in [5, 5.41) is 21.6. The third-order valence-corrected chi connectivity index (χ3v) is 6.47. The highest BCUT2D eigenvalue weighted by Gasteiger charge is 2.50. The molecule has 1 aromatic heterocycles. The van der Waals surface area contributed by atoms with Crippen molar-refractivity contribution in [2.45, 2.75) is 57.4 Å². The predicted octanol–water partition coefficient (Wildman–Crippen LogP) is 2.79. The topological polar surface area (TPSA) is 125 Å². The minimum Gasteiger partial charge on any atom is -0.496 e. The van der Waals surface area contributed by atoms with Crippen molar-refractivity contribution in [2.75, 3.05) is 14.2 Å². The Labute approximate surface area is 208 Å². The standard InChI is InChI=1S/C27H30O9/c1-14-19(34-26-22(30)21(29)24(33-5)27(2,3)36-26)11-10-15-12-16(25(31)35-23(14)15)13-18(28)17-8-6-7-9-20(17)32-4/h6-12,21-22,24,26,29-30H,13H2,1-5H3/t21-,22+,24+,26+/m0/s1. The number of benzene rings is 2. The molecule has 1 saturated heterocycles. The minimum absolute atomic E-state index is 0.147. The van der Waals surface area contributed by atoms with Crippen molar-refractivity contribution in [3.63, 3.8) is 0 Å². The molecule has 0 saturated carbocycles. The van der Waals surface area contributed by atoms with Gasteiger partial charge in [0, 0.05) is 30.0 Å². The number of ether oxygens (including phenoxy) is 4. The lowest BCUT2D eigenvalue weighted by Crippen LogP contribution is -2.63. The van der Waals surface area contributed by atoms with Gasteiger partial charge in [0.1, 0.15) is 35.4 Å². The van der Waals surface area contributed by atoms with Gasteiger partial charge in [0.25, 0.3) is 0 Å². The highest BCUT2D eigenvalue weighted by atomic mass is 16.7. The maximum absolute atomic E-state index is 12.8. The second kappa shape index (κ2) is 10.0. The van der Waals surface area contributed by atoms with Crippen molar-refractivity contribution in [2.24, 2.45) is 0 Å². The first-order valence-electron chi connectivity index (χ1n) is 11.5. The maximum atomic E-state index is 12.8. The molecule has 0 spiro atoms. The Morgan fingerprint density at radius 1 is 1.06 bits per heavy atom. The number of para-hydroxylation sites is 1. The van der Waals surface area contributed by atoms with Crippen molar-refractivity contribution < 1.29 is 38.4 Å². The molecule has 9 heteroatoms. The van der Waals surface area contributed by atoms with Crippen molar-refractivity contribution >= 4 is 16.8 Å². The van der Waals surface area contributed by atoms with Gasteiger partial charge in [0.2, 0.25) is 6.29 Å². The fraction of sp³-hybridized carbons (Fsp3) is 0.407. The average Bonchev–Trinajstić information content (AvgIpc) is 2.85. The van der Waals surface area contributed by atoms with Crippen LogP contribution in [-0.4, -0.2) is 60.4 Å². The van der Waals surface area contributed by atoms with Crippen LogP contribution in [0.4, 0.5) is 0 Å². The van der Waals surface area contributed by atoms with E-state index < -0.39 is 35.8 Å². The van der Waals surface area contributed by atoms with E-state index in [4.69, 9.17) is 23.4 Å². The molecule has 3 aromatic rings. The van der Waals surface area contributed by atoms with Crippen LogP contribution in [0.25, 0.3) is 11.0 Å². The molecule has 0 radical (unpaired) electrons. The Balaban J connectivity index is 1.61. The van der Waals surface area contributed by atoms with Gasteiger partial charge in [-0.05, 0) is 51.1 Å². The second-order valence-electron chi connectivity index (χ2n) is 9.31. The summed E-state index contributed by atoms with van der Waals surface area (Å²) in [7, 11) is 2.91. The SMILES string of the molecule is COc1ccccc1C(=O)Cc1cc2ccc(O[C@@H]3OC(C)(C)[C@H](OC)[C@@H](O)[C@H]3O)c(C)c2oc1=O. The van der Waals surface area contributed by atoms with Gasteiger partial charge in [-0.2, -0.15) is 0 Å². The Bertz CT molecular complexity index is 1330. The molecule has 2 N–H and O–H groups in total. The Kier molecular flexibility index (Phi) is 7.19. The number of hydrogen-bond donors (Lipinski definition) is 2. The van der Waals surface area contributed by atoms with Crippen LogP contribution in [0, 0.1) is 6.92 Å². The van der Waals surface area contributed by atoms with Crippen LogP contribution in [0.3, 0.4) is 0 Å². The summed E-state index contributed by atoms with van der Waals surface area (Å²) in [6.45, 7) is 5.16. The van der Waals surface area contributed by atoms with Crippen molar-refractivity contribution in [1.82, 2.24) is 0 Å². The van der Waals surface area contributed by atoms with Gasteiger partial charge in [-0.15, -0.1) is 0 Å². The monoisotopic (exact) mass is 498 g/mol. The predicted molar refractivity (Wildman–Crippen MR) is 131 cm³/mol. The molecular formula is C27H30O9. The van der Waals surface area contributed by atoms with E-state index in [-0.39, 0.29) is 23.4 Å². The quantitative estimate of drug-likeness (QED) is 0.374. The van der Waals surface area contributed by atoms with Crippen LogP contribution in [0.1, 0.15) is 35.3 Å². The molecule has 192 valence electrons. The number of hydrogen-bond acceptors (Lipinski definition) is 9. The molecule has 1 aliphatic heterocycles. The van der Waals surface area contributed by atoms with E-state index in [2.05, 4.69) is 0 Å². The van der Waals surface area contributed by atoms with Gasteiger partial charge in [-0.25, -0.2) is 4.79 Å². The number of aliphatic hydroxyl groups is 2. The zero-order chi connectivity index (χ0) is 26.2. The van der Waals surface area contributed by atoms with Gasteiger partial charge in [0.05, 0.1) is 18.3 Å². The second-order valence-corrected chi connectivity index (χ2v) is 9.31. The van der Waals surface area contributed by atoms with E-state index in [1.54, 1.807) is 63.2 Å². The first-order valence-corrected chi connectivity index (χ1v) is 11.5. The summed E-state index contributed by atoms with van der Waals surface area (Å²) in [5.74, 6) is 0.476. The summed E-state index contributed by atoms with van der Waals surface area (Å²) in [6.07, 6.45) is -4.67. The summed E-state index contributed by atoms with van der Waals surface area (Å²) in [6, 6.07) is 11.8. The molecule has 1 fully saturated rings. The third-order valence-electron chi connectivity index (χ3n) is 6.47. The van der Waals surface area contributed by atoms with Crippen LogP contribution in [-0.2, 0) is 15.9 Å². The zero-order valence-corrected chi connectivity index (χ0v) is 20.8. The lowest BCUT2D eigenvalue weighted by atomic mass is 9.89. The smallest absolute Gasteiger partial charge is 0.339 e. The Morgan fingerprint density at radius 3 is 2.47 bits per heavy atom. The molecule has 36 heavy (non-hydrogen) atoms. The number of Topliss-reactive ketones (excluding diaryl/α,β-unsaturated/α-hetero) is 1. The summed E-state index contributed by atoms with van der Waals surface area (Å²) in [5.41, 5.74) is -0.188. The molecule has 0 aliphatic carbocycles. The van der Waals surface area contributed by atoms with Gasteiger partial charge in [-0.3, -0.25) is 4.79 Å². The Morgan fingerprint density at radius 2 is 1.78 bits per heavy atom. The van der Waals surface area contributed by atoms with E-state index in [9.17, 15) is 19.8 Å². The number of rotatable bonds is 7. The minimum atomic E-state index is -1.37. The van der Waals surface area contributed by atoms with Crippen LogP contribution < -0.4 is 15.1 Å². The molecule has 0 amide bonds. The van der Waals surface area contributed by atoms with Crippen molar-refractivity contribution in [3.8, 4) is 11.5 Å². The highest BCUT2D eigenvalue weighted by molar-refractivity contribution is 6.00. The van der Waals surface area contributed by atoms with Gasteiger partial charge >= 0.3 is 5.63 Å². The van der Waals surface area contributed by atoms with Crippen LogP contribution >= 0.6 is 0 Å². The fourth-order valence-electron chi connectivity index (χ4n) is 4.57. The lowest BCUT2D eigenvalue weighted by Gasteiger charge is -2.46. The number of carbonyl (C=O) groups is 1. The molecule has 9 nitrogen and oxygen atoms in total. The maximum Gasteiger partial charge on any atom is 0.339 e. The number of aryl methyl sites for hydroxylation is 1. The van der Waals surface area contributed by atoms with Crippen LogP contribution in [0.2, 0.25) is 0 Å². The molecular weight excluding hydrogens is 468 g/mol. The molecule has 4 rings (SSSR count). The first-order chi connectivity index (χ1) is 17.1. The van der Waals surface area contributed by atoms with Gasteiger partial charge < -0.3 is 33.6 Å². The lowest BCUT2D eigenvalue weighted by molar-refractivity contribution is -0.306. The van der Waals surface area contributed by atoms with E-state index in [0.717, 1.165) is 0 Å². The summed E-state index contributed by atoms with van der Waals surface area (Å²) >= 11 is 0. The van der Waals surface area contributed by atoms with Crippen molar-refractivity contribution in [3.05, 3.63) is 69.6 Å². The molecule has 4 atom stereocenters.